The van der Waals surface area contributed by atoms with E-state index in [2.05, 4.69) is 4.74 Å². The van der Waals surface area contributed by atoms with E-state index in [-0.39, 0.29) is 10.6 Å². The number of hydrogen-bond acceptors (Lipinski definition) is 2. The van der Waals surface area contributed by atoms with Crippen LogP contribution in [0.2, 0.25) is 20.1 Å². The average Bonchev–Trinajstić information content (AvgIpc) is 2.40. The number of carbonyl (C=O) groups excluding carboxylic acids is 1. The van der Waals surface area contributed by atoms with Crippen molar-refractivity contribution in [2.24, 2.45) is 0 Å². The fourth-order valence-corrected chi connectivity index (χ4v) is 2.91. The van der Waals surface area contributed by atoms with Crippen LogP contribution in [-0.2, 0) is 4.74 Å². The average molecular weight is 350 g/mol. The molecule has 0 saturated carbocycles. The first kappa shape index (κ1) is 15.5. The molecule has 0 saturated heterocycles. The van der Waals surface area contributed by atoms with Gasteiger partial charge in [0.2, 0.25) is 0 Å². The summed E-state index contributed by atoms with van der Waals surface area (Å²) < 4.78 is 4.68. The van der Waals surface area contributed by atoms with Crippen LogP contribution in [-0.4, -0.2) is 13.1 Å². The Balaban J connectivity index is 2.70. The molecule has 0 aromatic heterocycles. The zero-order valence-corrected chi connectivity index (χ0v) is 13.2. The van der Waals surface area contributed by atoms with E-state index in [0.717, 1.165) is 0 Å². The van der Waals surface area contributed by atoms with Gasteiger partial charge >= 0.3 is 5.97 Å². The van der Waals surface area contributed by atoms with Crippen LogP contribution in [0, 0.1) is 0 Å². The van der Waals surface area contributed by atoms with Crippen LogP contribution in [0.5, 0.6) is 0 Å². The number of benzene rings is 2. The highest BCUT2D eigenvalue weighted by atomic mass is 35.5. The molecule has 0 fully saturated rings. The maximum Gasteiger partial charge on any atom is 0.339 e. The number of rotatable bonds is 2. The van der Waals surface area contributed by atoms with E-state index in [9.17, 15) is 4.79 Å². The lowest BCUT2D eigenvalue weighted by Gasteiger charge is -2.12. The summed E-state index contributed by atoms with van der Waals surface area (Å²) in [5.41, 5.74) is 1.29. The van der Waals surface area contributed by atoms with Crippen molar-refractivity contribution in [3.05, 3.63) is 56.0 Å². The lowest BCUT2D eigenvalue weighted by atomic mass is 10.0. The van der Waals surface area contributed by atoms with Gasteiger partial charge in [-0.05, 0) is 24.3 Å². The largest absolute Gasteiger partial charge is 0.465 e. The maximum atomic E-state index is 11.7. The predicted molar refractivity (Wildman–Crippen MR) is 83.3 cm³/mol. The van der Waals surface area contributed by atoms with E-state index in [1.54, 1.807) is 24.3 Å². The molecular weight excluding hydrogens is 342 g/mol. The van der Waals surface area contributed by atoms with Crippen LogP contribution in [0.4, 0.5) is 0 Å². The van der Waals surface area contributed by atoms with Gasteiger partial charge < -0.3 is 4.74 Å². The first-order valence-electron chi connectivity index (χ1n) is 5.47. The van der Waals surface area contributed by atoms with Crippen LogP contribution in [0.15, 0.2) is 30.3 Å². The maximum absolute atomic E-state index is 11.7. The third kappa shape index (κ3) is 2.89. The highest BCUT2D eigenvalue weighted by Gasteiger charge is 2.19. The second-order valence-corrected chi connectivity index (χ2v) is 5.53. The quantitative estimate of drug-likeness (QED) is 0.645. The fourth-order valence-electron chi connectivity index (χ4n) is 1.76. The van der Waals surface area contributed by atoms with Gasteiger partial charge in [-0.1, -0.05) is 52.5 Å². The van der Waals surface area contributed by atoms with Crippen molar-refractivity contribution >= 4 is 52.4 Å². The van der Waals surface area contributed by atoms with Gasteiger partial charge in [-0.2, -0.15) is 0 Å². The Kier molecular flexibility index (Phi) is 4.82. The van der Waals surface area contributed by atoms with Crippen LogP contribution in [0.3, 0.4) is 0 Å². The van der Waals surface area contributed by atoms with Gasteiger partial charge in [0.05, 0.1) is 17.7 Å². The van der Waals surface area contributed by atoms with Crippen LogP contribution in [0.1, 0.15) is 10.4 Å². The Morgan fingerprint density at radius 1 is 1.00 bits per heavy atom. The normalized spacial score (nSPS) is 10.4. The van der Waals surface area contributed by atoms with E-state index < -0.39 is 5.97 Å². The van der Waals surface area contributed by atoms with Crippen molar-refractivity contribution < 1.29 is 9.53 Å². The minimum Gasteiger partial charge on any atom is -0.465 e. The number of halogens is 4. The zero-order chi connectivity index (χ0) is 14.9. The summed E-state index contributed by atoms with van der Waals surface area (Å²) in [6, 6.07) is 8.01. The first-order chi connectivity index (χ1) is 9.45. The Morgan fingerprint density at radius 2 is 1.70 bits per heavy atom. The Hall–Kier alpha value is -0.930. The molecule has 0 amide bonds. The summed E-state index contributed by atoms with van der Waals surface area (Å²) in [5, 5.41) is 1.46. The molecule has 0 atom stereocenters. The van der Waals surface area contributed by atoms with Gasteiger partial charge in [0.15, 0.2) is 0 Å². The molecule has 0 spiro atoms. The molecule has 0 aliphatic heterocycles. The molecule has 0 aliphatic carbocycles. The minimum atomic E-state index is -0.544. The van der Waals surface area contributed by atoms with Gasteiger partial charge in [0.25, 0.3) is 0 Å². The van der Waals surface area contributed by atoms with E-state index >= 15 is 0 Å². The van der Waals surface area contributed by atoms with Crippen molar-refractivity contribution in [3.8, 4) is 11.1 Å². The highest BCUT2D eigenvalue weighted by molar-refractivity contribution is 6.43. The molecule has 2 aromatic rings. The molecule has 2 rings (SSSR count). The van der Waals surface area contributed by atoms with Gasteiger partial charge in [0.1, 0.15) is 0 Å². The Morgan fingerprint density at radius 3 is 2.30 bits per heavy atom. The van der Waals surface area contributed by atoms with E-state index in [0.29, 0.717) is 26.2 Å². The van der Waals surface area contributed by atoms with Crippen LogP contribution < -0.4 is 0 Å². The number of ether oxygens (including phenoxy) is 1. The van der Waals surface area contributed by atoms with Gasteiger partial charge in [-0.3, -0.25) is 0 Å². The summed E-state index contributed by atoms with van der Waals surface area (Å²) in [5.74, 6) is -0.544. The Bertz CT molecular complexity index is 683. The first-order valence-corrected chi connectivity index (χ1v) is 6.98. The lowest BCUT2D eigenvalue weighted by Crippen LogP contribution is -2.03. The lowest BCUT2D eigenvalue weighted by molar-refractivity contribution is 0.0601. The van der Waals surface area contributed by atoms with E-state index in [1.165, 1.54) is 13.2 Å². The fraction of sp³-hybridized carbons (Fsp3) is 0.0714. The van der Waals surface area contributed by atoms with Gasteiger partial charge in [-0.25, -0.2) is 4.79 Å². The van der Waals surface area contributed by atoms with Crippen LogP contribution in [0.25, 0.3) is 11.1 Å². The summed E-state index contributed by atoms with van der Waals surface area (Å²) in [4.78, 5) is 11.7. The van der Waals surface area contributed by atoms with Crippen molar-refractivity contribution in [3.63, 3.8) is 0 Å². The SMILES string of the molecule is COC(=O)c1ccc(Cl)c(-c2ccc(Cl)cc2Cl)c1Cl. The Labute approximate surface area is 136 Å². The van der Waals surface area contributed by atoms with Crippen molar-refractivity contribution in [2.45, 2.75) is 0 Å². The summed E-state index contributed by atoms with van der Waals surface area (Å²) in [6.45, 7) is 0. The molecule has 0 N–H and O–H groups in total. The molecule has 2 aromatic carbocycles. The molecule has 2 nitrogen and oxygen atoms in total. The number of carbonyl (C=O) groups is 1. The summed E-state index contributed by atoms with van der Waals surface area (Å²) in [6.07, 6.45) is 0. The third-order valence-corrected chi connectivity index (χ3v) is 3.95. The number of esters is 1. The number of hydrogen-bond donors (Lipinski definition) is 0. The molecule has 0 bridgehead atoms. The van der Waals surface area contributed by atoms with Gasteiger partial charge in [0, 0.05) is 26.2 Å². The molecule has 0 radical (unpaired) electrons. The molecule has 6 heteroatoms. The molecular formula is C14H8Cl4O2. The summed E-state index contributed by atoms with van der Waals surface area (Å²) in [7, 11) is 1.28. The van der Waals surface area contributed by atoms with Gasteiger partial charge in [-0.15, -0.1) is 0 Å². The van der Waals surface area contributed by atoms with Crippen molar-refractivity contribution in [2.75, 3.05) is 7.11 Å². The van der Waals surface area contributed by atoms with Crippen molar-refractivity contribution in [1.29, 1.82) is 0 Å². The number of methoxy groups -OCH3 is 1. The molecule has 0 heterocycles. The van der Waals surface area contributed by atoms with E-state index in [4.69, 9.17) is 46.4 Å². The molecule has 20 heavy (non-hydrogen) atoms. The smallest absolute Gasteiger partial charge is 0.339 e. The monoisotopic (exact) mass is 348 g/mol. The van der Waals surface area contributed by atoms with Crippen LogP contribution >= 0.6 is 46.4 Å². The molecule has 0 unspecified atom stereocenters. The second kappa shape index (κ2) is 6.23. The van der Waals surface area contributed by atoms with E-state index in [1.807, 2.05) is 0 Å². The minimum absolute atomic E-state index is 0.188. The topological polar surface area (TPSA) is 26.3 Å². The predicted octanol–water partition coefficient (Wildman–Crippen LogP) is 5.75. The standard InChI is InChI=1S/C14H8Cl4O2/c1-20-14(19)9-4-5-10(16)12(13(9)18)8-3-2-7(15)6-11(8)17/h2-6H,1H3. The zero-order valence-electron chi connectivity index (χ0n) is 10.2. The molecule has 0 aliphatic rings. The van der Waals surface area contributed by atoms with Crippen molar-refractivity contribution in [1.82, 2.24) is 0 Å². The summed E-state index contributed by atoms with van der Waals surface area (Å²) >= 11 is 24.4. The highest BCUT2D eigenvalue weighted by Crippen LogP contribution is 2.41. The second-order valence-electron chi connectivity index (χ2n) is 3.90. The third-order valence-electron chi connectivity index (χ3n) is 2.70. The molecule has 104 valence electrons.